The summed E-state index contributed by atoms with van der Waals surface area (Å²) in [6, 6.07) is 10.2. The largest absolute Gasteiger partial charge is 0.471 e. The third-order valence-electron chi connectivity index (χ3n) is 3.49. The molecule has 2 N–H and O–H groups in total. The van der Waals surface area contributed by atoms with Crippen molar-refractivity contribution in [2.75, 3.05) is 5.73 Å². The van der Waals surface area contributed by atoms with Gasteiger partial charge in [0.25, 0.3) is 5.88 Å². The third-order valence-corrected chi connectivity index (χ3v) is 3.49. The van der Waals surface area contributed by atoms with Gasteiger partial charge in [0.1, 0.15) is 18.5 Å². The van der Waals surface area contributed by atoms with Crippen LogP contribution in [0.5, 0.6) is 5.88 Å². The summed E-state index contributed by atoms with van der Waals surface area (Å²) in [6.45, 7) is 6.45. The van der Waals surface area contributed by atoms with E-state index in [9.17, 15) is 5.26 Å². The van der Waals surface area contributed by atoms with E-state index in [4.69, 9.17) is 10.5 Å². The van der Waals surface area contributed by atoms with E-state index < -0.39 is 0 Å². The highest BCUT2D eigenvalue weighted by Crippen LogP contribution is 2.27. The van der Waals surface area contributed by atoms with Crippen molar-refractivity contribution in [1.29, 1.82) is 5.26 Å². The predicted octanol–water partition coefficient (Wildman–Crippen LogP) is 3.20. The van der Waals surface area contributed by atoms with Gasteiger partial charge in [0.2, 0.25) is 0 Å². The molecule has 0 aliphatic carbocycles. The highest BCUT2D eigenvalue weighted by Gasteiger charge is 2.19. The minimum atomic E-state index is 0.133. The van der Waals surface area contributed by atoms with Gasteiger partial charge in [-0.15, -0.1) is 5.10 Å². The van der Waals surface area contributed by atoms with Crippen molar-refractivity contribution in [3.8, 4) is 11.9 Å². The lowest BCUT2D eigenvalue weighted by atomic mass is 10.1. The summed E-state index contributed by atoms with van der Waals surface area (Å²) in [5.41, 5.74) is 8.50. The van der Waals surface area contributed by atoms with Gasteiger partial charge in [-0.05, 0) is 25.8 Å². The second-order valence-electron chi connectivity index (χ2n) is 5.16. The van der Waals surface area contributed by atoms with Gasteiger partial charge in [-0.1, -0.05) is 36.8 Å². The molecular formula is C16H20N4O. The molecule has 1 heterocycles. The molecule has 0 radical (unpaired) electrons. The van der Waals surface area contributed by atoms with Gasteiger partial charge >= 0.3 is 0 Å². The van der Waals surface area contributed by atoms with Crippen LogP contribution in [0, 0.1) is 18.3 Å². The number of nitrogen functional groups attached to an aromatic ring is 1. The minimum absolute atomic E-state index is 0.133. The van der Waals surface area contributed by atoms with Gasteiger partial charge in [0.05, 0.1) is 6.04 Å². The lowest BCUT2D eigenvalue weighted by molar-refractivity contribution is 0.286. The number of rotatable bonds is 5. The summed E-state index contributed by atoms with van der Waals surface area (Å²) in [5, 5.41) is 13.6. The molecule has 0 saturated carbocycles. The normalized spacial score (nSPS) is 11.9. The van der Waals surface area contributed by atoms with E-state index in [1.807, 2.05) is 45.0 Å². The van der Waals surface area contributed by atoms with Crippen LogP contribution in [0.2, 0.25) is 0 Å². The van der Waals surface area contributed by atoms with Crippen molar-refractivity contribution in [3.05, 3.63) is 41.0 Å². The van der Waals surface area contributed by atoms with Crippen LogP contribution in [0.1, 0.15) is 43.0 Å². The van der Waals surface area contributed by atoms with Gasteiger partial charge < -0.3 is 10.5 Å². The second-order valence-corrected chi connectivity index (χ2v) is 5.16. The van der Waals surface area contributed by atoms with Crippen LogP contribution in [0.4, 0.5) is 5.82 Å². The Morgan fingerprint density at radius 3 is 2.86 bits per heavy atom. The number of aromatic nitrogens is 2. The zero-order valence-corrected chi connectivity index (χ0v) is 12.6. The Bertz CT molecular complexity index is 669. The van der Waals surface area contributed by atoms with Gasteiger partial charge in [-0.3, -0.25) is 0 Å². The molecule has 0 amide bonds. The van der Waals surface area contributed by atoms with Crippen molar-refractivity contribution in [3.63, 3.8) is 0 Å². The summed E-state index contributed by atoms with van der Waals surface area (Å²) >= 11 is 0. The highest BCUT2D eigenvalue weighted by molar-refractivity contribution is 5.55. The molecule has 0 bridgehead atoms. The lowest BCUT2D eigenvalue weighted by Gasteiger charge is -2.10. The van der Waals surface area contributed by atoms with Crippen molar-refractivity contribution < 1.29 is 4.74 Å². The first-order valence-corrected chi connectivity index (χ1v) is 7.03. The summed E-state index contributed by atoms with van der Waals surface area (Å²) in [6.07, 6.45) is 0.883. The number of nitrogens with zero attached hydrogens (tertiary/aromatic N) is 3. The van der Waals surface area contributed by atoms with E-state index in [2.05, 4.69) is 11.2 Å². The quantitative estimate of drug-likeness (QED) is 0.914. The zero-order valence-electron chi connectivity index (χ0n) is 12.6. The topological polar surface area (TPSA) is 76.9 Å². The number of hydrogen-bond donors (Lipinski definition) is 1. The zero-order chi connectivity index (χ0) is 15.4. The fraction of sp³-hybridized carbons (Fsp3) is 0.375. The molecule has 0 spiro atoms. The van der Waals surface area contributed by atoms with Crippen LogP contribution in [-0.2, 0) is 6.61 Å². The van der Waals surface area contributed by atoms with Crippen molar-refractivity contribution >= 4 is 5.82 Å². The first kappa shape index (κ1) is 14.9. The van der Waals surface area contributed by atoms with E-state index in [0.29, 0.717) is 23.9 Å². The standard InChI is InChI=1S/C16H20N4O/c1-4-12(3)20-15(18)14(9-17)16(19-20)21-10-13-7-5-6-11(2)8-13/h5-8,12H,4,10,18H2,1-3H3/t12-/m0/s1. The maximum atomic E-state index is 9.25. The molecule has 0 aliphatic rings. The van der Waals surface area contributed by atoms with E-state index in [1.54, 1.807) is 4.68 Å². The third kappa shape index (κ3) is 3.16. The Labute approximate surface area is 124 Å². The number of nitriles is 1. The number of anilines is 1. The average molecular weight is 284 g/mol. The summed E-state index contributed by atoms with van der Waals surface area (Å²) in [4.78, 5) is 0. The van der Waals surface area contributed by atoms with Gasteiger partial charge in [0.15, 0.2) is 5.56 Å². The Balaban J connectivity index is 2.22. The SMILES string of the molecule is CC[C@H](C)n1nc(OCc2cccc(C)c2)c(C#N)c1N. The average Bonchev–Trinajstić information content (AvgIpc) is 2.80. The molecule has 2 rings (SSSR count). The van der Waals surface area contributed by atoms with Gasteiger partial charge in [-0.25, -0.2) is 4.68 Å². The van der Waals surface area contributed by atoms with Crippen LogP contribution in [0.3, 0.4) is 0 Å². The molecule has 0 saturated heterocycles. The van der Waals surface area contributed by atoms with E-state index in [-0.39, 0.29) is 6.04 Å². The van der Waals surface area contributed by atoms with Gasteiger partial charge in [0, 0.05) is 0 Å². The van der Waals surface area contributed by atoms with Crippen molar-refractivity contribution in [2.24, 2.45) is 0 Å². The maximum Gasteiger partial charge on any atom is 0.253 e. The predicted molar refractivity (Wildman–Crippen MR) is 81.9 cm³/mol. The molecule has 0 aliphatic heterocycles. The van der Waals surface area contributed by atoms with E-state index in [0.717, 1.165) is 12.0 Å². The van der Waals surface area contributed by atoms with E-state index >= 15 is 0 Å². The fourth-order valence-electron chi connectivity index (χ4n) is 2.09. The molecule has 0 fully saturated rings. The first-order valence-electron chi connectivity index (χ1n) is 7.03. The van der Waals surface area contributed by atoms with Crippen molar-refractivity contribution in [2.45, 2.75) is 39.8 Å². The van der Waals surface area contributed by atoms with Crippen LogP contribution in [-0.4, -0.2) is 9.78 Å². The Morgan fingerprint density at radius 2 is 2.24 bits per heavy atom. The number of hydrogen-bond acceptors (Lipinski definition) is 4. The molecule has 1 aromatic carbocycles. The smallest absolute Gasteiger partial charge is 0.253 e. The number of aryl methyl sites for hydroxylation is 1. The number of nitrogens with two attached hydrogens (primary N) is 1. The molecule has 5 nitrogen and oxygen atoms in total. The summed E-state index contributed by atoms with van der Waals surface area (Å²) < 4.78 is 7.35. The Kier molecular flexibility index (Phi) is 4.49. The van der Waals surface area contributed by atoms with E-state index in [1.165, 1.54) is 5.56 Å². The number of ether oxygens (including phenoxy) is 1. The second kappa shape index (κ2) is 6.31. The summed E-state index contributed by atoms with van der Waals surface area (Å²) in [7, 11) is 0. The lowest BCUT2D eigenvalue weighted by Crippen LogP contribution is -2.09. The highest BCUT2D eigenvalue weighted by atomic mass is 16.5. The molecule has 21 heavy (non-hydrogen) atoms. The molecule has 2 aromatic rings. The Hall–Kier alpha value is -2.48. The Morgan fingerprint density at radius 1 is 1.48 bits per heavy atom. The first-order chi connectivity index (χ1) is 10.1. The van der Waals surface area contributed by atoms with Gasteiger partial charge in [-0.2, -0.15) is 5.26 Å². The molecule has 0 unspecified atom stereocenters. The monoisotopic (exact) mass is 284 g/mol. The minimum Gasteiger partial charge on any atom is -0.471 e. The van der Waals surface area contributed by atoms with Crippen LogP contribution >= 0.6 is 0 Å². The fourth-order valence-corrected chi connectivity index (χ4v) is 2.09. The van der Waals surface area contributed by atoms with Crippen molar-refractivity contribution in [1.82, 2.24) is 9.78 Å². The molecule has 1 aromatic heterocycles. The van der Waals surface area contributed by atoms with Crippen LogP contribution < -0.4 is 10.5 Å². The summed E-state index contributed by atoms with van der Waals surface area (Å²) in [5.74, 6) is 0.669. The molecule has 5 heteroatoms. The maximum absolute atomic E-state index is 9.25. The van der Waals surface area contributed by atoms with Crippen LogP contribution in [0.25, 0.3) is 0 Å². The molecular weight excluding hydrogens is 264 g/mol. The molecule has 1 atom stereocenters. The molecule has 110 valence electrons. The number of benzene rings is 1. The van der Waals surface area contributed by atoms with Crippen LogP contribution in [0.15, 0.2) is 24.3 Å².